The summed E-state index contributed by atoms with van der Waals surface area (Å²) in [6.07, 6.45) is 7.05. The highest BCUT2D eigenvalue weighted by molar-refractivity contribution is 7.80. The Balaban J connectivity index is 3.34. The predicted octanol–water partition coefficient (Wildman–Crippen LogP) is 5.75. The van der Waals surface area contributed by atoms with Gasteiger partial charge in [0.05, 0.1) is 0 Å². The molecule has 3 amide bonds. The van der Waals surface area contributed by atoms with Gasteiger partial charge in [0, 0.05) is 18.3 Å². The average molecular weight is 552 g/mol. The van der Waals surface area contributed by atoms with Crippen molar-refractivity contribution in [2.24, 2.45) is 0 Å². The van der Waals surface area contributed by atoms with Gasteiger partial charge in [-0.25, -0.2) is 4.79 Å². The molecule has 0 spiro atoms. The number of nitrogens with zero attached hydrogens (tertiary/aromatic N) is 1. The number of hydrogen-bond donors (Lipinski definition) is 4. The Hall–Kier alpha value is -2.42. The van der Waals surface area contributed by atoms with Gasteiger partial charge < -0.3 is 25.4 Å². The van der Waals surface area contributed by atoms with Gasteiger partial charge in [0.2, 0.25) is 11.8 Å². The zero-order chi connectivity index (χ0) is 28.7. The molecule has 3 N–H and O–H groups in total. The van der Waals surface area contributed by atoms with Gasteiger partial charge >= 0.3 is 6.09 Å². The van der Waals surface area contributed by atoms with Crippen LogP contribution in [0.3, 0.4) is 0 Å². The van der Waals surface area contributed by atoms with E-state index in [0.29, 0.717) is 18.5 Å². The molecule has 0 saturated carbocycles. The van der Waals surface area contributed by atoms with E-state index in [0.717, 1.165) is 44.9 Å². The second-order valence-electron chi connectivity index (χ2n) is 10.9. The highest BCUT2D eigenvalue weighted by Gasteiger charge is 2.36. The number of benzene rings is 1. The van der Waals surface area contributed by atoms with E-state index in [1.807, 2.05) is 13.8 Å². The highest BCUT2D eigenvalue weighted by atomic mass is 32.1. The number of phenols is 1. The first-order chi connectivity index (χ1) is 17.9. The summed E-state index contributed by atoms with van der Waals surface area (Å²) in [7, 11) is 0. The van der Waals surface area contributed by atoms with Gasteiger partial charge in [0.25, 0.3) is 0 Å². The van der Waals surface area contributed by atoms with Gasteiger partial charge in [-0.05, 0) is 58.2 Å². The molecule has 3 unspecified atom stereocenters. The number of thiol groups is 1. The lowest BCUT2D eigenvalue weighted by molar-refractivity contribution is -0.142. The van der Waals surface area contributed by atoms with Gasteiger partial charge in [-0.2, -0.15) is 12.6 Å². The Labute approximate surface area is 234 Å². The number of alkyl carbamates (subject to hydrolysis) is 1. The third-order valence-electron chi connectivity index (χ3n) is 6.06. The number of carbonyl (C=O) groups excluding carboxylic acids is 3. The standard InChI is InChI=1S/C29H49N3O5S/c1-7-9-10-11-12-13-18-32(27(35)24(20-38)31-28(36)37-29(4,5)6)25(22-16-14-17-23(33)19-22)26(34)30-21(3)15-8-2/h14,16-17,19,21,24-25,33,38H,7-13,15,18,20H2,1-6H3,(H,30,34)(H,31,36). The van der Waals surface area contributed by atoms with E-state index in [1.54, 1.807) is 32.9 Å². The maximum atomic E-state index is 13.9. The highest BCUT2D eigenvalue weighted by Crippen LogP contribution is 2.27. The van der Waals surface area contributed by atoms with Crippen molar-refractivity contribution in [3.63, 3.8) is 0 Å². The quantitative estimate of drug-likeness (QED) is 0.155. The Morgan fingerprint density at radius 2 is 1.68 bits per heavy atom. The number of amides is 3. The third-order valence-corrected chi connectivity index (χ3v) is 6.43. The lowest BCUT2D eigenvalue weighted by Crippen LogP contribution is -2.54. The molecule has 0 aromatic heterocycles. The first kappa shape index (κ1) is 33.6. The SMILES string of the molecule is CCCCCCCCN(C(=O)C(CS)NC(=O)OC(C)(C)C)C(C(=O)NC(C)CCC)c1cccc(O)c1. The summed E-state index contributed by atoms with van der Waals surface area (Å²) in [6.45, 7) is 11.7. The summed E-state index contributed by atoms with van der Waals surface area (Å²) in [4.78, 5) is 41.6. The summed E-state index contributed by atoms with van der Waals surface area (Å²) in [6, 6.07) is 4.36. The fraction of sp³-hybridized carbons (Fsp3) is 0.690. The molecule has 38 heavy (non-hydrogen) atoms. The Kier molecular flexibility index (Phi) is 15.2. The molecule has 0 bridgehead atoms. The molecule has 0 aliphatic carbocycles. The normalized spacial score (nSPS) is 13.8. The van der Waals surface area contributed by atoms with Crippen LogP contribution < -0.4 is 10.6 Å². The second kappa shape index (κ2) is 17.2. The van der Waals surface area contributed by atoms with Crippen LogP contribution >= 0.6 is 12.6 Å². The Bertz CT molecular complexity index is 874. The molecule has 1 aromatic carbocycles. The monoisotopic (exact) mass is 551 g/mol. The molecule has 216 valence electrons. The largest absolute Gasteiger partial charge is 0.508 e. The maximum Gasteiger partial charge on any atom is 0.408 e. The van der Waals surface area contributed by atoms with E-state index in [2.05, 4.69) is 30.2 Å². The third kappa shape index (κ3) is 12.4. The van der Waals surface area contributed by atoms with Crippen molar-refractivity contribution in [3.8, 4) is 5.75 Å². The van der Waals surface area contributed by atoms with Crippen LogP contribution in [0.25, 0.3) is 0 Å². The number of nitrogens with one attached hydrogen (secondary N) is 2. The fourth-order valence-corrected chi connectivity index (χ4v) is 4.51. The van der Waals surface area contributed by atoms with Crippen molar-refractivity contribution in [2.75, 3.05) is 12.3 Å². The number of aromatic hydroxyl groups is 1. The van der Waals surface area contributed by atoms with Crippen LogP contribution in [-0.4, -0.2) is 57.9 Å². The first-order valence-corrected chi connectivity index (χ1v) is 14.6. The molecule has 8 nitrogen and oxygen atoms in total. The molecule has 0 heterocycles. The van der Waals surface area contributed by atoms with Gasteiger partial charge in [-0.15, -0.1) is 0 Å². The molecular weight excluding hydrogens is 502 g/mol. The molecule has 1 aromatic rings. The molecule has 0 saturated heterocycles. The van der Waals surface area contributed by atoms with E-state index in [4.69, 9.17) is 4.74 Å². The van der Waals surface area contributed by atoms with E-state index in [9.17, 15) is 19.5 Å². The van der Waals surface area contributed by atoms with Crippen molar-refractivity contribution in [2.45, 2.75) is 117 Å². The molecular formula is C29H49N3O5S. The number of unbranched alkanes of at least 4 members (excludes halogenated alkanes) is 5. The van der Waals surface area contributed by atoms with Crippen LogP contribution in [0.1, 0.15) is 105 Å². The van der Waals surface area contributed by atoms with Crippen molar-refractivity contribution in [3.05, 3.63) is 29.8 Å². The fourth-order valence-electron chi connectivity index (χ4n) is 4.26. The van der Waals surface area contributed by atoms with Crippen LogP contribution in [0.15, 0.2) is 24.3 Å². The zero-order valence-electron chi connectivity index (χ0n) is 24.1. The van der Waals surface area contributed by atoms with E-state index in [-0.39, 0.29) is 23.5 Å². The summed E-state index contributed by atoms with van der Waals surface area (Å²) in [5, 5.41) is 15.9. The smallest absolute Gasteiger partial charge is 0.408 e. The van der Waals surface area contributed by atoms with Crippen molar-refractivity contribution < 1.29 is 24.2 Å². The molecule has 0 aliphatic heterocycles. The molecule has 0 fully saturated rings. The lowest BCUT2D eigenvalue weighted by atomic mass is 10.0. The van der Waals surface area contributed by atoms with Crippen LogP contribution in [0.4, 0.5) is 4.79 Å². The molecule has 0 aliphatic rings. The van der Waals surface area contributed by atoms with Gasteiger partial charge in [-0.1, -0.05) is 64.5 Å². The lowest BCUT2D eigenvalue weighted by Gasteiger charge is -2.35. The summed E-state index contributed by atoms with van der Waals surface area (Å²) < 4.78 is 5.36. The number of phenolic OH excluding ortho intramolecular Hbond substituents is 1. The zero-order valence-corrected chi connectivity index (χ0v) is 25.0. The van der Waals surface area contributed by atoms with Crippen LogP contribution in [0.2, 0.25) is 0 Å². The van der Waals surface area contributed by atoms with Crippen molar-refractivity contribution in [1.29, 1.82) is 0 Å². The van der Waals surface area contributed by atoms with Crippen LogP contribution in [0.5, 0.6) is 5.75 Å². The minimum atomic E-state index is -0.992. The minimum Gasteiger partial charge on any atom is -0.508 e. The Morgan fingerprint density at radius 1 is 1.03 bits per heavy atom. The summed E-state index contributed by atoms with van der Waals surface area (Å²) in [5.41, 5.74) is -0.230. The molecule has 1 rings (SSSR count). The van der Waals surface area contributed by atoms with Gasteiger partial charge in [0.15, 0.2) is 0 Å². The summed E-state index contributed by atoms with van der Waals surface area (Å²) in [5.74, 6) is -0.713. The summed E-state index contributed by atoms with van der Waals surface area (Å²) >= 11 is 4.33. The first-order valence-electron chi connectivity index (χ1n) is 13.9. The molecule has 3 atom stereocenters. The van der Waals surface area contributed by atoms with Gasteiger partial charge in [-0.3, -0.25) is 9.59 Å². The van der Waals surface area contributed by atoms with Crippen LogP contribution in [0, 0.1) is 0 Å². The number of hydrogen-bond acceptors (Lipinski definition) is 6. The predicted molar refractivity (Wildman–Crippen MR) is 155 cm³/mol. The number of ether oxygens (including phenoxy) is 1. The maximum absolute atomic E-state index is 13.9. The van der Waals surface area contributed by atoms with E-state index >= 15 is 0 Å². The van der Waals surface area contributed by atoms with E-state index < -0.39 is 29.7 Å². The van der Waals surface area contributed by atoms with Crippen LogP contribution in [-0.2, 0) is 14.3 Å². The topological polar surface area (TPSA) is 108 Å². The Morgan fingerprint density at radius 3 is 2.26 bits per heavy atom. The van der Waals surface area contributed by atoms with Crippen molar-refractivity contribution >= 4 is 30.5 Å². The van der Waals surface area contributed by atoms with E-state index in [1.165, 1.54) is 17.0 Å². The van der Waals surface area contributed by atoms with Crippen molar-refractivity contribution in [1.82, 2.24) is 15.5 Å². The molecule has 0 radical (unpaired) electrons. The number of rotatable bonds is 16. The average Bonchev–Trinajstić information content (AvgIpc) is 2.82. The number of carbonyl (C=O) groups is 3. The second-order valence-corrected chi connectivity index (χ2v) is 11.2. The molecule has 9 heteroatoms. The van der Waals surface area contributed by atoms with Gasteiger partial charge in [0.1, 0.15) is 23.4 Å². The minimum absolute atomic E-state index is 0.00602.